The van der Waals surface area contributed by atoms with Gasteiger partial charge >= 0.3 is 12.1 Å². The van der Waals surface area contributed by atoms with Crippen molar-refractivity contribution in [1.29, 1.82) is 0 Å². The fourth-order valence-corrected chi connectivity index (χ4v) is 4.27. The lowest BCUT2D eigenvalue weighted by Crippen LogP contribution is -2.55. The van der Waals surface area contributed by atoms with E-state index in [4.69, 9.17) is 14.6 Å². The number of alkyl carbamates (subject to hydrolysis) is 1. The number of methoxy groups -OCH3 is 1. The number of ether oxygens (including phenoxy) is 2. The van der Waals surface area contributed by atoms with Gasteiger partial charge in [0.2, 0.25) is 5.91 Å². The van der Waals surface area contributed by atoms with Crippen LogP contribution >= 0.6 is 0 Å². The van der Waals surface area contributed by atoms with E-state index in [1.165, 1.54) is 7.11 Å². The predicted molar refractivity (Wildman–Crippen MR) is 128 cm³/mol. The van der Waals surface area contributed by atoms with E-state index in [2.05, 4.69) is 22.8 Å². The van der Waals surface area contributed by atoms with Gasteiger partial charge in [-0.3, -0.25) is 9.59 Å². The molecule has 182 valence electrons. The molecule has 1 aliphatic carbocycles. The van der Waals surface area contributed by atoms with Crippen LogP contribution in [-0.2, 0) is 19.1 Å². The minimum atomic E-state index is -0.987. The molecule has 0 saturated heterocycles. The highest BCUT2D eigenvalue weighted by Gasteiger charge is 2.31. The fraction of sp³-hybridized carbons (Fsp3) is 0.423. The molecule has 8 nitrogen and oxygen atoms in total. The maximum atomic E-state index is 12.9. The lowest BCUT2D eigenvalue weighted by Gasteiger charge is -2.26. The number of benzene rings is 2. The summed E-state index contributed by atoms with van der Waals surface area (Å²) in [6, 6.07) is 14.8. The first-order valence-corrected chi connectivity index (χ1v) is 11.5. The third-order valence-electron chi connectivity index (χ3n) is 6.29. The highest BCUT2D eigenvalue weighted by atomic mass is 16.5. The molecule has 0 heterocycles. The molecule has 0 bridgehead atoms. The average molecular weight is 469 g/mol. The van der Waals surface area contributed by atoms with Crippen molar-refractivity contribution in [2.45, 2.75) is 57.2 Å². The van der Waals surface area contributed by atoms with Crippen molar-refractivity contribution in [2.24, 2.45) is 0 Å². The van der Waals surface area contributed by atoms with Gasteiger partial charge in [-0.05, 0) is 42.0 Å². The molecule has 8 heteroatoms. The maximum Gasteiger partial charge on any atom is 0.407 e. The van der Waals surface area contributed by atoms with Gasteiger partial charge in [-0.2, -0.15) is 0 Å². The summed E-state index contributed by atoms with van der Waals surface area (Å²) < 4.78 is 10.9. The van der Waals surface area contributed by atoms with E-state index in [1.807, 2.05) is 43.3 Å². The number of carbonyl (C=O) groups is 3. The molecule has 2 aromatic rings. The topological polar surface area (TPSA) is 114 Å². The number of aliphatic carboxylic acids is 1. The highest BCUT2D eigenvalue weighted by molar-refractivity contribution is 5.86. The second kappa shape index (κ2) is 11.7. The van der Waals surface area contributed by atoms with Crippen LogP contribution in [0.15, 0.2) is 48.5 Å². The molecule has 0 aromatic heterocycles. The van der Waals surface area contributed by atoms with E-state index < -0.39 is 30.1 Å². The van der Waals surface area contributed by atoms with Crippen molar-refractivity contribution >= 4 is 18.0 Å². The van der Waals surface area contributed by atoms with Crippen LogP contribution in [0.4, 0.5) is 4.79 Å². The van der Waals surface area contributed by atoms with Crippen LogP contribution in [0.3, 0.4) is 0 Å². The molecule has 0 spiro atoms. The molecule has 0 aliphatic heterocycles. The summed E-state index contributed by atoms with van der Waals surface area (Å²) >= 11 is 0. The first kappa shape index (κ1) is 25.2. The largest absolute Gasteiger partial charge is 0.481 e. The first-order valence-electron chi connectivity index (χ1n) is 11.5. The molecular formula is C26H32N2O6. The van der Waals surface area contributed by atoms with E-state index in [0.717, 1.165) is 22.3 Å². The number of hydrogen-bond acceptors (Lipinski definition) is 5. The number of amides is 2. The molecule has 1 unspecified atom stereocenters. The summed E-state index contributed by atoms with van der Waals surface area (Å²) in [5.74, 6) is -1.46. The van der Waals surface area contributed by atoms with Crippen LogP contribution in [0, 0.1) is 0 Å². The first-order chi connectivity index (χ1) is 16.3. The number of carboxylic acids is 1. The molecule has 2 amide bonds. The number of nitrogens with one attached hydrogen (secondary N) is 2. The quantitative estimate of drug-likeness (QED) is 0.464. The third-order valence-corrected chi connectivity index (χ3v) is 6.29. The van der Waals surface area contributed by atoms with Crippen molar-refractivity contribution in [2.75, 3.05) is 13.7 Å². The summed E-state index contributed by atoms with van der Waals surface area (Å²) in [5.41, 5.74) is 4.45. The zero-order chi connectivity index (χ0) is 24.7. The van der Waals surface area contributed by atoms with Crippen LogP contribution < -0.4 is 10.6 Å². The van der Waals surface area contributed by atoms with Crippen molar-refractivity contribution < 1.29 is 29.0 Å². The molecule has 3 N–H and O–H groups in total. The van der Waals surface area contributed by atoms with E-state index >= 15 is 0 Å². The molecule has 3 atom stereocenters. The van der Waals surface area contributed by atoms with Gasteiger partial charge in [0.15, 0.2) is 0 Å². The highest BCUT2D eigenvalue weighted by Crippen LogP contribution is 2.44. The molecule has 0 radical (unpaired) electrons. The van der Waals surface area contributed by atoms with Crippen molar-refractivity contribution in [3.05, 3.63) is 59.7 Å². The summed E-state index contributed by atoms with van der Waals surface area (Å²) in [5, 5.41) is 14.3. The molecular weight excluding hydrogens is 436 g/mol. The Morgan fingerprint density at radius 2 is 1.59 bits per heavy atom. The minimum absolute atomic E-state index is 0.0525. The van der Waals surface area contributed by atoms with Crippen LogP contribution in [0.5, 0.6) is 0 Å². The van der Waals surface area contributed by atoms with Gasteiger partial charge in [0.1, 0.15) is 12.6 Å². The molecule has 34 heavy (non-hydrogen) atoms. The van der Waals surface area contributed by atoms with Crippen LogP contribution in [0.2, 0.25) is 0 Å². The van der Waals surface area contributed by atoms with Crippen LogP contribution in [-0.4, -0.2) is 55.0 Å². The number of fused-ring (bicyclic) bond motifs is 3. The summed E-state index contributed by atoms with van der Waals surface area (Å²) in [7, 11) is 1.45. The molecule has 0 saturated carbocycles. The van der Waals surface area contributed by atoms with Gasteiger partial charge in [-0.1, -0.05) is 55.5 Å². The van der Waals surface area contributed by atoms with Gasteiger partial charge in [0, 0.05) is 25.5 Å². The second-order valence-electron chi connectivity index (χ2n) is 8.43. The summed E-state index contributed by atoms with van der Waals surface area (Å²) in [4.78, 5) is 36.4. The van der Waals surface area contributed by atoms with Crippen molar-refractivity contribution in [1.82, 2.24) is 10.6 Å². The number of carbonyl (C=O) groups excluding carboxylic acids is 2. The van der Waals surface area contributed by atoms with Crippen LogP contribution in [0.25, 0.3) is 11.1 Å². The predicted octanol–water partition coefficient (Wildman–Crippen LogP) is 3.69. The van der Waals surface area contributed by atoms with Crippen molar-refractivity contribution in [3.63, 3.8) is 0 Å². The summed E-state index contributed by atoms with van der Waals surface area (Å²) in [6.07, 6.45) is -0.514. The Balaban J connectivity index is 1.64. The van der Waals surface area contributed by atoms with E-state index in [1.54, 1.807) is 6.92 Å². The molecule has 0 fully saturated rings. The Hall–Kier alpha value is -3.39. The molecule has 1 aliphatic rings. The lowest BCUT2D eigenvalue weighted by molar-refractivity contribution is -0.137. The molecule has 2 aromatic carbocycles. The lowest BCUT2D eigenvalue weighted by atomic mass is 9.98. The van der Waals surface area contributed by atoms with Gasteiger partial charge in [0.05, 0.1) is 6.10 Å². The zero-order valence-corrected chi connectivity index (χ0v) is 19.7. The fourth-order valence-electron chi connectivity index (χ4n) is 4.27. The number of rotatable bonds is 11. The Kier molecular flexibility index (Phi) is 8.65. The van der Waals surface area contributed by atoms with Gasteiger partial charge < -0.3 is 25.2 Å². The monoisotopic (exact) mass is 468 g/mol. The number of hydrogen-bond donors (Lipinski definition) is 3. The Bertz CT molecular complexity index is 978. The van der Waals surface area contributed by atoms with Crippen molar-refractivity contribution in [3.8, 4) is 11.1 Å². The van der Waals surface area contributed by atoms with E-state index in [0.29, 0.717) is 12.8 Å². The summed E-state index contributed by atoms with van der Waals surface area (Å²) in [6.45, 7) is 3.67. The Morgan fingerprint density at radius 3 is 2.12 bits per heavy atom. The van der Waals surface area contributed by atoms with E-state index in [9.17, 15) is 14.4 Å². The number of carboxylic acid groups (broad SMARTS) is 1. The standard InChI is InChI=1S/C26H32N2O6/c1-4-17(13-14-23(29)30)27-25(31)24(16(2)33-3)28-26(32)34-15-22-20-11-7-5-9-18(20)19-10-6-8-12-21(19)22/h5-12,16-17,22,24H,4,13-15H2,1-3H3,(H,27,31)(H,28,32)(H,29,30)/t16-,17?,24+/m1/s1. The molecule has 3 rings (SSSR count). The third kappa shape index (κ3) is 5.94. The second-order valence-corrected chi connectivity index (χ2v) is 8.43. The van der Waals surface area contributed by atoms with E-state index in [-0.39, 0.29) is 25.0 Å². The maximum absolute atomic E-state index is 12.9. The smallest absolute Gasteiger partial charge is 0.407 e. The SMILES string of the molecule is CCC(CCC(=O)O)NC(=O)[C@@H](NC(=O)OCC1c2ccccc2-c2ccccc21)[C@@H](C)OC. The van der Waals surface area contributed by atoms with Gasteiger partial charge in [0.25, 0.3) is 0 Å². The zero-order valence-electron chi connectivity index (χ0n) is 19.7. The van der Waals surface area contributed by atoms with Crippen LogP contribution in [0.1, 0.15) is 50.2 Å². The van der Waals surface area contributed by atoms with Gasteiger partial charge in [-0.25, -0.2) is 4.79 Å². The normalized spacial score (nSPS) is 14.9. The Morgan fingerprint density at radius 1 is 1.00 bits per heavy atom. The minimum Gasteiger partial charge on any atom is -0.481 e. The Labute approximate surface area is 199 Å². The van der Waals surface area contributed by atoms with Gasteiger partial charge in [-0.15, -0.1) is 0 Å². The average Bonchev–Trinajstić information content (AvgIpc) is 3.16.